The van der Waals surface area contributed by atoms with Crippen molar-refractivity contribution in [2.24, 2.45) is 5.92 Å². The van der Waals surface area contributed by atoms with Gasteiger partial charge in [0.1, 0.15) is 0 Å². The Hall–Kier alpha value is 0.960. The van der Waals surface area contributed by atoms with Crippen LogP contribution in [0, 0.1) is 5.92 Å². The molecule has 0 saturated heterocycles. The fourth-order valence-electron chi connectivity index (χ4n) is 1.60. The molecule has 0 aromatic rings. The van der Waals surface area contributed by atoms with Crippen LogP contribution in [0.2, 0.25) is 0 Å². The molecule has 1 atom stereocenters. The molecule has 0 aromatic carbocycles. The van der Waals surface area contributed by atoms with Gasteiger partial charge in [0.25, 0.3) is 0 Å². The fraction of sp³-hybridized carbons (Fsp3) is 1.00. The normalized spacial score (nSPS) is 23.4. The van der Waals surface area contributed by atoms with Gasteiger partial charge in [-0.15, -0.1) is 6.10 Å². The first kappa shape index (κ1) is 11.0. The molecule has 0 heterocycles. The van der Waals surface area contributed by atoms with Crippen molar-refractivity contribution < 1.29 is 34.7 Å². The second kappa shape index (κ2) is 5.59. The Morgan fingerprint density at radius 3 is 2.00 bits per heavy atom. The standard InChI is InChI=1S/C8H15O.Na/c1-7(9)8-5-3-2-4-6-8;/h7-8H,2-6H2,1H3;/q-1;+1. The summed E-state index contributed by atoms with van der Waals surface area (Å²) in [6, 6.07) is 0. The minimum absolute atomic E-state index is 0. The summed E-state index contributed by atoms with van der Waals surface area (Å²) in [5.74, 6) is 0.499. The summed E-state index contributed by atoms with van der Waals surface area (Å²) in [6.07, 6.45) is 5.98. The summed E-state index contributed by atoms with van der Waals surface area (Å²) in [5, 5.41) is 10.9. The second-order valence-electron chi connectivity index (χ2n) is 3.10. The smallest absolute Gasteiger partial charge is 0.852 e. The van der Waals surface area contributed by atoms with Crippen LogP contribution in [0.15, 0.2) is 0 Å². The Morgan fingerprint density at radius 2 is 1.70 bits per heavy atom. The summed E-state index contributed by atoms with van der Waals surface area (Å²) < 4.78 is 0. The van der Waals surface area contributed by atoms with E-state index in [1.54, 1.807) is 6.92 Å². The van der Waals surface area contributed by atoms with Gasteiger partial charge in [-0.2, -0.15) is 0 Å². The summed E-state index contributed by atoms with van der Waals surface area (Å²) in [7, 11) is 0. The molecule has 1 nitrogen and oxygen atoms in total. The van der Waals surface area contributed by atoms with E-state index in [-0.39, 0.29) is 35.7 Å². The Balaban J connectivity index is 0.000000810. The second-order valence-corrected chi connectivity index (χ2v) is 3.10. The zero-order valence-electron chi connectivity index (χ0n) is 7.10. The van der Waals surface area contributed by atoms with Crippen LogP contribution in [-0.4, -0.2) is 6.10 Å². The Kier molecular flexibility index (Phi) is 6.13. The van der Waals surface area contributed by atoms with E-state index in [1.165, 1.54) is 32.1 Å². The molecule has 10 heavy (non-hydrogen) atoms. The van der Waals surface area contributed by atoms with Crippen molar-refractivity contribution in [2.45, 2.75) is 45.1 Å². The van der Waals surface area contributed by atoms with E-state index in [1.807, 2.05) is 0 Å². The van der Waals surface area contributed by atoms with Gasteiger partial charge in [0.15, 0.2) is 0 Å². The van der Waals surface area contributed by atoms with Crippen molar-refractivity contribution >= 4 is 0 Å². The van der Waals surface area contributed by atoms with E-state index < -0.39 is 0 Å². The fourth-order valence-corrected chi connectivity index (χ4v) is 1.60. The molecule has 2 heteroatoms. The third-order valence-corrected chi connectivity index (χ3v) is 2.31. The molecule has 0 spiro atoms. The maximum Gasteiger partial charge on any atom is 1.00 e. The van der Waals surface area contributed by atoms with Crippen LogP contribution in [0.5, 0.6) is 0 Å². The molecular formula is C8H15NaO. The molecule has 0 bridgehead atoms. The van der Waals surface area contributed by atoms with Crippen LogP contribution in [0.25, 0.3) is 0 Å². The summed E-state index contributed by atoms with van der Waals surface area (Å²) in [4.78, 5) is 0. The summed E-state index contributed by atoms with van der Waals surface area (Å²) in [5.41, 5.74) is 0. The van der Waals surface area contributed by atoms with E-state index in [2.05, 4.69) is 0 Å². The molecule has 0 N–H and O–H groups in total. The average molecular weight is 150 g/mol. The van der Waals surface area contributed by atoms with Crippen molar-refractivity contribution in [3.05, 3.63) is 0 Å². The molecule has 1 saturated carbocycles. The topological polar surface area (TPSA) is 23.1 Å². The Morgan fingerprint density at radius 1 is 1.20 bits per heavy atom. The van der Waals surface area contributed by atoms with Gasteiger partial charge < -0.3 is 5.11 Å². The molecule has 0 aliphatic heterocycles. The quantitative estimate of drug-likeness (QED) is 0.409. The van der Waals surface area contributed by atoms with E-state index in [4.69, 9.17) is 0 Å². The van der Waals surface area contributed by atoms with E-state index >= 15 is 0 Å². The van der Waals surface area contributed by atoms with Crippen molar-refractivity contribution in [1.82, 2.24) is 0 Å². The molecule has 0 radical (unpaired) electrons. The SMILES string of the molecule is CC([O-])C1CCCCC1.[Na+]. The van der Waals surface area contributed by atoms with Gasteiger partial charge in [-0.3, -0.25) is 0 Å². The minimum Gasteiger partial charge on any atom is -0.852 e. The van der Waals surface area contributed by atoms with Crippen molar-refractivity contribution in [3.63, 3.8) is 0 Å². The molecule has 1 rings (SSSR count). The molecule has 1 aliphatic carbocycles. The van der Waals surface area contributed by atoms with E-state index in [0.717, 1.165) is 0 Å². The Labute approximate surface area is 85.5 Å². The predicted octanol–water partition coefficient (Wildman–Crippen LogP) is -1.68. The predicted molar refractivity (Wildman–Crippen MR) is 36.0 cm³/mol. The first-order valence-corrected chi connectivity index (χ1v) is 3.96. The molecule has 1 aliphatic rings. The van der Waals surface area contributed by atoms with Crippen LogP contribution in [0.1, 0.15) is 39.0 Å². The van der Waals surface area contributed by atoms with Gasteiger partial charge in [-0.1, -0.05) is 44.9 Å². The first-order valence-electron chi connectivity index (χ1n) is 3.96. The number of hydrogen-bond donors (Lipinski definition) is 0. The van der Waals surface area contributed by atoms with Gasteiger partial charge in [-0.05, 0) is 0 Å². The maximum absolute atomic E-state index is 10.9. The average Bonchev–Trinajstić information content (AvgIpc) is 1.90. The van der Waals surface area contributed by atoms with Crippen LogP contribution in [0.4, 0.5) is 0 Å². The zero-order valence-corrected chi connectivity index (χ0v) is 9.10. The monoisotopic (exact) mass is 150 g/mol. The van der Waals surface area contributed by atoms with E-state index in [9.17, 15) is 5.11 Å². The van der Waals surface area contributed by atoms with Crippen LogP contribution in [-0.2, 0) is 0 Å². The van der Waals surface area contributed by atoms with Gasteiger partial charge in [0, 0.05) is 0 Å². The summed E-state index contributed by atoms with van der Waals surface area (Å²) in [6.45, 7) is 1.80. The minimum atomic E-state index is -0.315. The van der Waals surface area contributed by atoms with Crippen LogP contribution < -0.4 is 34.7 Å². The van der Waals surface area contributed by atoms with Crippen LogP contribution in [0.3, 0.4) is 0 Å². The van der Waals surface area contributed by atoms with Crippen LogP contribution >= 0.6 is 0 Å². The molecular weight excluding hydrogens is 135 g/mol. The molecule has 0 amide bonds. The third kappa shape index (κ3) is 3.38. The zero-order chi connectivity index (χ0) is 6.69. The number of hydrogen-bond acceptors (Lipinski definition) is 1. The molecule has 1 fully saturated rings. The maximum atomic E-state index is 10.9. The van der Waals surface area contributed by atoms with Crippen molar-refractivity contribution in [3.8, 4) is 0 Å². The first-order chi connectivity index (χ1) is 4.30. The molecule has 1 unspecified atom stereocenters. The molecule has 0 aromatic heterocycles. The third-order valence-electron chi connectivity index (χ3n) is 2.31. The largest absolute Gasteiger partial charge is 1.00 e. The Bertz CT molecular complexity index is 77.3. The molecule has 54 valence electrons. The number of rotatable bonds is 1. The van der Waals surface area contributed by atoms with Crippen molar-refractivity contribution in [2.75, 3.05) is 0 Å². The summed E-state index contributed by atoms with van der Waals surface area (Å²) >= 11 is 0. The van der Waals surface area contributed by atoms with Gasteiger partial charge >= 0.3 is 29.6 Å². The van der Waals surface area contributed by atoms with Gasteiger partial charge in [-0.25, -0.2) is 0 Å². The van der Waals surface area contributed by atoms with Gasteiger partial charge in [0.05, 0.1) is 0 Å². The van der Waals surface area contributed by atoms with E-state index in [0.29, 0.717) is 5.92 Å². The van der Waals surface area contributed by atoms with Gasteiger partial charge in [0.2, 0.25) is 0 Å². The van der Waals surface area contributed by atoms with Crippen molar-refractivity contribution in [1.29, 1.82) is 0 Å².